The van der Waals surface area contributed by atoms with Crippen LogP contribution in [0.1, 0.15) is 11.7 Å². The van der Waals surface area contributed by atoms with Gasteiger partial charge in [0.1, 0.15) is 5.75 Å². The molecule has 0 bridgehead atoms. The summed E-state index contributed by atoms with van der Waals surface area (Å²) in [5.74, 6) is 0.0770. The number of carbonyl (C=O) groups excluding carboxylic acids is 2. The van der Waals surface area contributed by atoms with Crippen LogP contribution in [0, 0.1) is 0 Å². The molecule has 0 fully saturated rings. The first-order valence-electron chi connectivity index (χ1n) is 13.8. The molecule has 5 aromatic carbocycles. The molecule has 0 unspecified atom stereocenters. The molecule has 0 aliphatic rings. The third-order valence-electron chi connectivity index (χ3n) is 6.76. The van der Waals surface area contributed by atoms with Crippen molar-refractivity contribution in [3.63, 3.8) is 0 Å². The van der Waals surface area contributed by atoms with Crippen LogP contribution in [-0.2, 0) is 9.53 Å². The summed E-state index contributed by atoms with van der Waals surface area (Å²) in [6.07, 6.45) is -0.130. The highest BCUT2D eigenvalue weighted by Gasteiger charge is 2.29. The molecular weight excluding hydrogens is 558 g/mol. The van der Waals surface area contributed by atoms with Gasteiger partial charge in [-0.15, -0.1) is 0 Å². The van der Waals surface area contributed by atoms with Gasteiger partial charge >= 0.3 is 6.09 Å². The number of fused-ring (bicyclic) bond motifs is 1. The number of carbonyl (C=O) groups is 2. The van der Waals surface area contributed by atoms with Crippen LogP contribution >= 0.6 is 0 Å². The zero-order chi connectivity index (χ0) is 30.9. The highest BCUT2D eigenvalue weighted by molar-refractivity contribution is 6.01. The summed E-state index contributed by atoms with van der Waals surface area (Å²) >= 11 is 0. The third kappa shape index (κ3) is 7.27. The van der Waals surface area contributed by atoms with Gasteiger partial charge in [0.25, 0.3) is 0 Å². The Morgan fingerprint density at radius 2 is 1.52 bits per heavy atom. The van der Waals surface area contributed by atoms with Crippen molar-refractivity contribution in [3.05, 3.63) is 133 Å². The van der Waals surface area contributed by atoms with E-state index in [1.165, 1.54) is 25.3 Å². The summed E-state index contributed by atoms with van der Waals surface area (Å²) in [5.41, 5.74) is 7.79. The number of nitrogens with two attached hydrogens (primary N) is 1. The zero-order valence-electron chi connectivity index (χ0n) is 23.8. The van der Waals surface area contributed by atoms with E-state index < -0.39 is 24.2 Å². The molecule has 2 atom stereocenters. The number of phenolic OH excluding ortho intramolecular Hbond substituents is 1. The van der Waals surface area contributed by atoms with Gasteiger partial charge in [-0.3, -0.25) is 10.1 Å². The number of hydrogen-bond acceptors (Lipinski definition) is 7. The van der Waals surface area contributed by atoms with E-state index in [2.05, 4.69) is 10.6 Å². The van der Waals surface area contributed by atoms with E-state index >= 15 is 0 Å². The van der Waals surface area contributed by atoms with Gasteiger partial charge in [0.15, 0.2) is 23.7 Å². The van der Waals surface area contributed by atoms with E-state index in [0.29, 0.717) is 28.4 Å². The number of hydrogen-bond donors (Lipinski definition) is 4. The Morgan fingerprint density at radius 3 is 2.30 bits per heavy atom. The van der Waals surface area contributed by atoms with E-state index in [4.69, 9.17) is 19.9 Å². The van der Waals surface area contributed by atoms with E-state index in [-0.39, 0.29) is 11.5 Å². The molecule has 2 amide bonds. The van der Waals surface area contributed by atoms with Crippen molar-refractivity contribution in [2.75, 3.05) is 23.5 Å². The molecule has 0 saturated carbocycles. The third-order valence-corrected chi connectivity index (χ3v) is 6.76. The van der Waals surface area contributed by atoms with Crippen LogP contribution in [-0.4, -0.2) is 30.3 Å². The minimum atomic E-state index is -1.12. The molecule has 0 saturated heterocycles. The van der Waals surface area contributed by atoms with Gasteiger partial charge in [-0.05, 0) is 53.9 Å². The number of aromatic hydroxyl groups is 1. The molecule has 44 heavy (non-hydrogen) atoms. The minimum Gasteiger partial charge on any atom is -0.504 e. The van der Waals surface area contributed by atoms with Crippen molar-refractivity contribution < 1.29 is 28.9 Å². The number of para-hydroxylation sites is 3. The van der Waals surface area contributed by atoms with Crippen molar-refractivity contribution in [1.82, 2.24) is 0 Å². The number of anilines is 3. The number of methoxy groups -OCH3 is 1. The lowest BCUT2D eigenvalue weighted by molar-refractivity contribution is -0.112. The standard InChI is InChI=1S/C35H31N3O6/c1-42-31-19-18-24(22-30(31)39)34(44-35(41)38-28-17-9-11-23-10-5-6-14-26(23)28)32(43-25-12-3-2-4-13-25)20-21-33(40)37-29-16-8-7-15-27(29)36/h2-22,32,34,39H,36H2,1H3,(H,37,40)(H,38,41)/b21-20+/t32-,34-/m0/s1. The summed E-state index contributed by atoms with van der Waals surface area (Å²) in [7, 11) is 1.43. The maximum atomic E-state index is 13.4. The average molecular weight is 590 g/mol. The number of ether oxygens (including phenoxy) is 3. The topological polar surface area (TPSA) is 132 Å². The lowest BCUT2D eigenvalue weighted by Crippen LogP contribution is -2.30. The van der Waals surface area contributed by atoms with Crippen molar-refractivity contribution >= 4 is 39.8 Å². The first kappa shape index (κ1) is 29.5. The summed E-state index contributed by atoms with van der Waals surface area (Å²) in [6, 6.07) is 33.6. The van der Waals surface area contributed by atoms with E-state index in [0.717, 1.165) is 10.8 Å². The highest BCUT2D eigenvalue weighted by atomic mass is 16.6. The molecule has 5 aromatic rings. The van der Waals surface area contributed by atoms with Crippen LogP contribution in [0.3, 0.4) is 0 Å². The first-order valence-corrected chi connectivity index (χ1v) is 13.8. The van der Waals surface area contributed by atoms with Gasteiger partial charge in [0, 0.05) is 17.0 Å². The summed E-state index contributed by atoms with van der Waals surface area (Å²) < 4.78 is 17.5. The van der Waals surface area contributed by atoms with Crippen LogP contribution in [0.5, 0.6) is 17.2 Å². The van der Waals surface area contributed by atoms with Crippen LogP contribution in [0.4, 0.5) is 21.9 Å². The monoisotopic (exact) mass is 589 g/mol. The SMILES string of the molecule is COc1ccc([C@H](OC(=O)Nc2cccc3ccccc23)[C@H](/C=C/C(=O)Nc2ccccc2N)Oc2ccccc2)cc1O. The smallest absolute Gasteiger partial charge is 0.412 e. The normalized spacial score (nSPS) is 12.3. The van der Waals surface area contributed by atoms with Gasteiger partial charge in [-0.25, -0.2) is 4.79 Å². The van der Waals surface area contributed by atoms with Crippen molar-refractivity contribution in [2.45, 2.75) is 12.2 Å². The summed E-state index contributed by atoms with van der Waals surface area (Å²) in [6.45, 7) is 0. The Morgan fingerprint density at radius 1 is 0.818 bits per heavy atom. The van der Waals surface area contributed by atoms with Crippen LogP contribution < -0.4 is 25.8 Å². The van der Waals surface area contributed by atoms with E-state index in [1.807, 2.05) is 42.5 Å². The Balaban J connectivity index is 1.48. The fourth-order valence-corrected chi connectivity index (χ4v) is 4.62. The van der Waals surface area contributed by atoms with E-state index in [1.54, 1.807) is 66.7 Å². The second kappa shape index (κ2) is 13.8. The number of nitrogen functional groups attached to an aromatic ring is 1. The lowest BCUT2D eigenvalue weighted by atomic mass is 10.0. The van der Waals surface area contributed by atoms with Gasteiger partial charge in [0.2, 0.25) is 5.91 Å². The highest BCUT2D eigenvalue weighted by Crippen LogP contribution is 2.34. The number of amides is 2. The minimum absolute atomic E-state index is 0.159. The van der Waals surface area contributed by atoms with Crippen molar-refractivity contribution in [1.29, 1.82) is 0 Å². The molecule has 9 heteroatoms. The Bertz CT molecular complexity index is 1790. The molecule has 222 valence electrons. The number of benzene rings is 5. The molecule has 0 aliphatic carbocycles. The summed E-state index contributed by atoms with van der Waals surface area (Å²) in [4.78, 5) is 26.3. The number of nitrogens with one attached hydrogen (secondary N) is 2. The Hall–Kier alpha value is -5.96. The molecule has 9 nitrogen and oxygen atoms in total. The fourth-order valence-electron chi connectivity index (χ4n) is 4.62. The predicted molar refractivity (Wildman–Crippen MR) is 171 cm³/mol. The quantitative estimate of drug-likeness (QED) is 0.101. The number of rotatable bonds is 10. The average Bonchev–Trinajstić information content (AvgIpc) is 3.04. The molecule has 0 aromatic heterocycles. The van der Waals surface area contributed by atoms with Crippen molar-refractivity contribution in [2.24, 2.45) is 0 Å². The molecule has 0 heterocycles. The van der Waals surface area contributed by atoms with Crippen LogP contribution in [0.2, 0.25) is 0 Å². The zero-order valence-corrected chi connectivity index (χ0v) is 23.8. The lowest BCUT2D eigenvalue weighted by Gasteiger charge is -2.27. The predicted octanol–water partition coefficient (Wildman–Crippen LogP) is 7.07. The van der Waals surface area contributed by atoms with Gasteiger partial charge in [-0.2, -0.15) is 0 Å². The van der Waals surface area contributed by atoms with Crippen LogP contribution in [0.25, 0.3) is 10.8 Å². The maximum absolute atomic E-state index is 13.4. The largest absolute Gasteiger partial charge is 0.504 e. The van der Waals surface area contributed by atoms with Crippen LogP contribution in [0.15, 0.2) is 127 Å². The van der Waals surface area contributed by atoms with Gasteiger partial charge in [0.05, 0.1) is 24.2 Å². The molecular formula is C35H31N3O6. The Kier molecular flexibility index (Phi) is 9.26. The van der Waals surface area contributed by atoms with Gasteiger partial charge in [-0.1, -0.05) is 72.8 Å². The second-order valence-corrected chi connectivity index (χ2v) is 9.74. The van der Waals surface area contributed by atoms with Gasteiger partial charge < -0.3 is 30.4 Å². The second-order valence-electron chi connectivity index (χ2n) is 9.74. The van der Waals surface area contributed by atoms with Crippen molar-refractivity contribution in [3.8, 4) is 17.2 Å². The fraction of sp³-hybridized carbons (Fsp3) is 0.0857. The molecule has 5 rings (SSSR count). The Labute approximate surface area is 254 Å². The number of phenols is 1. The maximum Gasteiger partial charge on any atom is 0.412 e. The molecule has 0 spiro atoms. The first-order chi connectivity index (χ1) is 21.4. The van der Waals surface area contributed by atoms with E-state index in [9.17, 15) is 14.7 Å². The summed E-state index contributed by atoms with van der Waals surface area (Å²) in [5, 5.41) is 17.9. The molecule has 5 N–H and O–H groups in total. The molecule has 0 radical (unpaired) electrons. The molecule has 0 aliphatic heterocycles.